The van der Waals surface area contributed by atoms with Gasteiger partial charge in [0.2, 0.25) is 0 Å². The van der Waals surface area contributed by atoms with Crippen molar-refractivity contribution in [2.24, 2.45) is 5.92 Å². The minimum Gasteiger partial charge on any atom is -0.384 e. The van der Waals surface area contributed by atoms with Gasteiger partial charge in [-0.05, 0) is 30.8 Å². The van der Waals surface area contributed by atoms with Crippen molar-refractivity contribution >= 4 is 11.3 Å². The summed E-state index contributed by atoms with van der Waals surface area (Å²) in [6.45, 7) is 3.06. The van der Waals surface area contributed by atoms with Gasteiger partial charge in [-0.15, -0.1) is 11.3 Å². The summed E-state index contributed by atoms with van der Waals surface area (Å²) < 4.78 is 5.14. The molecule has 0 aliphatic heterocycles. The Bertz CT molecular complexity index is 235. The van der Waals surface area contributed by atoms with Gasteiger partial charge >= 0.3 is 0 Å². The van der Waals surface area contributed by atoms with Gasteiger partial charge in [-0.25, -0.2) is 0 Å². The second-order valence-electron chi connectivity index (χ2n) is 3.65. The van der Waals surface area contributed by atoms with Crippen LogP contribution >= 0.6 is 11.3 Å². The first-order valence-corrected chi connectivity index (χ1v) is 5.85. The molecule has 1 heterocycles. The zero-order valence-corrected chi connectivity index (χ0v) is 9.93. The molecule has 0 fully saturated rings. The molecule has 1 rings (SSSR count). The SMILES string of the molecule is CNC(CC(C)COC)c1cccs1. The highest BCUT2D eigenvalue weighted by Gasteiger charge is 2.13. The molecule has 0 aliphatic rings. The van der Waals surface area contributed by atoms with E-state index < -0.39 is 0 Å². The molecular formula is C11H19NOS. The maximum atomic E-state index is 5.14. The van der Waals surface area contributed by atoms with E-state index in [1.807, 2.05) is 18.4 Å². The summed E-state index contributed by atoms with van der Waals surface area (Å²) in [5.74, 6) is 0.597. The number of methoxy groups -OCH3 is 1. The lowest BCUT2D eigenvalue weighted by Crippen LogP contribution is -2.19. The van der Waals surface area contributed by atoms with Crippen LogP contribution in [0.4, 0.5) is 0 Å². The van der Waals surface area contributed by atoms with E-state index in [-0.39, 0.29) is 0 Å². The highest BCUT2D eigenvalue weighted by Crippen LogP contribution is 2.24. The second kappa shape index (κ2) is 6.17. The van der Waals surface area contributed by atoms with Crippen LogP contribution in [0, 0.1) is 5.92 Å². The van der Waals surface area contributed by atoms with Crippen LogP contribution in [0.5, 0.6) is 0 Å². The zero-order chi connectivity index (χ0) is 10.4. The second-order valence-corrected chi connectivity index (χ2v) is 4.63. The van der Waals surface area contributed by atoms with Crippen molar-refractivity contribution < 1.29 is 4.74 Å². The first-order chi connectivity index (χ1) is 6.77. The van der Waals surface area contributed by atoms with E-state index >= 15 is 0 Å². The summed E-state index contributed by atoms with van der Waals surface area (Å²) in [5.41, 5.74) is 0. The number of hydrogen-bond acceptors (Lipinski definition) is 3. The molecule has 0 saturated heterocycles. The molecule has 0 spiro atoms. The van der Waals surface area contributed by atoms with Gasteiger partial charge in [0.25, 0.3) is 0 Å². The predicted octanol–water partition coefficient (Wildman–Crippen LogP) is 2.68. The van der Waals surface area contributed by atoms with Crippen LogP contribution in [0.2, 0.25) is 0 Å². The summed E-state index contributed by atoms with van der Waals surface area (Å²) in [4.78, 5) is 1.41. The average molecular weight is 213 g/mol. The molecule has 2 unspecified atom stereocenters. The number of rotatable bonds is 6. The third-order valence-corrected chi connectivity index (χ3v) is 3.31. The van der Waals surface area contributed by atoms with E-state index in [0.29, 0.717) is 12.0 Å². The minimum absolute atomic E-state index is 0.472. The van der Waals surface area contributed by atoms with Crippen LogP contribution in [0.25, 0.3) is 0 Å². The lowest BCUT2D eigenvalue weighted by Gasteiger charge is -2.18. The summed E-state index contributed by atoms with van der Waals surface area (Å²) in [7, 11) is 3.78. The van der Waals surface area contributed by atoms with Crippen LogP contribution in [0.15, 0.2) is 17.5 Å². The molecule has 1 aromatic rings. The molecule has 0 aliphatic carbocycles. The van der Waals surface area contributed by atoms with Crippen molar-refractivity contribution in [3.05, 3.63) is 22.4 Å². The normalized spacial score (nSPS) is 15.4. The maximum absolute atomic E-state index is 5.14. The average Bonchev–Trinajstić information content (AvgIpc) is 2.67. The van der Waals surface area contributed by atoms with Gasteiger partial charge in [0.1, 0.15) is 0 Å². The molecule has 1 aromatic heterocycles. The van der Waals surface area contributed by atoms with Crippen molar-refractivity contribution in [1.29, 1.82) is 0 Å². The molecule has 1 N–H and O–H groups in total. The highest BCUT2D eigenvalue weighted by molar-refractivity contribution is 7.10. The number of thiophene rings is 1. The first-order valence-electron chi connectivity index (χ1n) is 4.97. The van der Waals surface area contributed by atoms with E-state index in [1.54, 1.807) is 7.11 Å². The lowest BCUT2D eigenvalue weighted by atomic mass is 10.0. The molecule has 80 valence electrons. The van der Waals surface area contributed by atoms with E-state index in [9.17, 15) is 0 Å². The van der Waals surface area contributed by atoms with E-state index in [2.05, 4.69) is 29.8 Å². The van der Waals surface area contributed by atoms with Gasteiger partial charge in [-0.1, -0.05) is 13.0 Å². The molecule has 14 heavy (non-hydrogen) atoms. The van der Waals surface area contributed by atoms with Crippen LogP contribution in [-0.2, 0) is 4.74 Å². The van der Waals surface area contributed by atoms with E-state index in [0.717, 1.165) is 13.0 Å². The highest BCUT2D eigenvalue weighted by atomic mass is 32.1. The van der Waals surface area contributed by atoms with Gasteiger partial charge in [0, 0.05) is 24.6 Å². The molecule has 0 radical (unpaired) electrons. The maximum Gasteiger partial charge on any atom is 0.0488 e. The summed E-state index contributed by atoms with van der Waals surface area (Å²) in [5, 5.41) is 5.47. The Labute approximate surface area is 90.3 Å². The van der Waals surface area contributed by atoms with Crippen LogP contribution < -0.4 is 5.32 Å². The number of hydrogen-bond donors (Lipinski definition) is 1. The summed E-state index contributed by atoms with van der Waals surface area (Å²) >= 11 is 1.81. The smallest absolute Gasteiger partial charge is 0.0488 e. The largest absolute Gasteiger partial charge is 0.384 e. The quantitative estimate of drug-likeness (QED) is 0.784. The van der Waals surface area contributed by atoms with Gasteiger partial charge in [0.15, 0.2) is 0 Å². The predicted molar refractivity (Wildman–Crippen MR) is 61.8 cm³/mol. The Morgan fingerprint density at radius 3 is 2.86 bits per heavy atom. The zero-order valence-electron chi connectivity index (χ0n) is 9.12. The van der Waals surface area contributed by atoms with Crippen molar-refractivity contribution in [2.45, 2.75) is 19.4 Å². The third-order valence-electron chi connectivity index (χ3n) is 2.32. The van der Waals surface area contributed by atoms with E-state index in [4.69, 9.17) is 4.74 Å². The Balaban J connectivity index is 2.47. The Kier molecular flexibility index (Phi) is 5.15. The van der Waals surface area contributed by atoms with Crippen LogP contribution in [0.1, 0.15) is 24.3 Å². The van der Waals surface area contributed by atoms with Crippen molar-refractivity contribution in [1.82, 2.24) is 5.32 Å². The Morgan fingerprint density at radius 1 is 1.57 bits per heavy atom. The summed E-state index contributed by atoms with van der Waals surface area (Å²) in [6, 6.07) is 4.76. The molecule has 2 atom stereocenters. The molecular weight excluding hydrogens is 194 g/mol. The third kappa shape index (κ3) is 3.40. The van der Waals surface area contributed by atoms with Crippen molar-refractivity contribution in [2.75, 3.05) is 20.8 Å². The monoisotopic (exact) mass is 213 g/mol. The Hall–Kier alpha value is -0.380. The molecule has 3 heteroatoms. The first kappa shape index (κ1) is 11.7. The molecule has 0 saturated carbocycles. The molecule has 0 aromatic carbocycles. The van der Waals surface area contributed by atoms with Crippen LogP contribution in [0.3, 0.4) is 0 Å². The van der Waals surface area contributed by atoms with Gasteiger partial charge in [-0.3, -0.25) is 0 Å². The van der Waals surface area contributed by atoms with Gasteiger partial charge in [0.05, 0.1) is 0 Å². The standard InChI is InChI=1S/C11H19NOS/c1-9(8-13-3)7-10(12-2)11-5-4-6-14-11/h4-6,9-10,12H,7-8H2,1-3H3. The van der Waals surface area contributed by atoms with Gasteiger partial charge in [-0.2, -0.15) is 0 Å². The van der Waals surface area contributed by atoms with Crippen LogP contribution in [-0.4, -0.2) is 20.8 Å². The van der Waals surface area contributed by atoms with Crippen molar-refractivity contribution in [3.63, 3.8) is 0 Å². The topological polar surface area (TPSA) is 21.3 Å². The van der Waals surface area contributed by atoms with E-state index in [1.165, 1.54) is 4.88 Å². The summed E-state index contributed by atoms with van der Waals surface area (Å²) in [6.07, 6.45) is 1.13. The fraction of sp³-hybridized carbons (Fsp3) is 0.636. The molecule has 2 nitrogen and oxygen atoms in total. The van der Waals surface area contributed by atoms with Gasteiger partial charge < -0.3 is 10.1 Å². The number of ether oxygens (including phenoxy) is 1. The molecule has 0 amide bonds. The Morgan fingerprint density at radius 2 is 2.36 bits per heavy atom. The minimum atomic E-state index is 0.472. The van der Waals surface area contributed by atoms with Crippen molar-refractivity contribution in [3.8, 4) is 0 Å². The fourth-order valence-corrected chi connectivity index (χ4v) is 2.47. The fourth-order valence-electron chi connectivity index (χ4n) is 1.62. The molecule has 0 bridgehead atoms. The lowest BCUT2D eigenvalue weighted by molar-refractivity contribution is 0.150. The number of nitrogens with one attached hydrogen (secondary N) is 1.